The van der Waals surface area contributed by atoms with E-state index in [0.29, 0.717) is 15.8 Å². The second kappa shape index (κ2) is 7.73. The van der Waals surface area contributed by atoms with Crippen LogP contribution in [0.15, 0.2) is 46.9 Å². The lowest BCUT2D eigenvalue weighted by Crippen LogP contribution is -2.34. The maximum absolute atomic E-state index is 13.4. The van der Waals surface area contributed by atoms with Gasteiger partial charge in [-0.2, -0.15) is 0 Å². The van der Waals surface area contributed by atoms with Gasteiger partial charge in [-0.3, -0.25) is 9.59 Å². The number of thiophene rings is 1. The van der Waals surface area contributed by atoms with E-state index in [4.69, 9.17) is 11.6 Å². The highest BCUT2D eigenvalue weighted by Gasteiger charge is 2.22. The van der Waals surface area contributed by atoms with Crippen LogP contribution in [0, 0.1) is 5.82 Å². The molecule has 0 aliphatic rings. The van der Waals surface area contributed by atoms with E-state index in [2.05, 4.69) is 21.2 Å². The van der Waals surface area contributed by atoms with Gasteiger partial charge in [0.05, 0.1) is 17.3 Å². The number of anilines is 1. The minimum atomic E-state index is -0.393. The number of carbonyl (C=O) groups is 2. The quantitative estimate of drug-likeness (QED) is 0.590. The molecule has 134 valence electrons. The minimum absolute atomic E-state index is 0.140. The Balaban J connectivity index is 1.74. The molecule has 2 amide bonds. The lowest BCUT2D eigenvalue weighted by Gasteiger charge is -2.16. The lowest BCUT2D eigenvalue weighted by molar-refractivity contribution is -0.116. The number of likely N-dealkylation sites (N-methyl/N-ethyl adjacent to an activating group) is 1. The Morgan fingerprint density at radius 3 is 2.73 bits per heavy atom. The molecule has 0 saturated carbocycles. The summed E-state index contributed by atoms with van der Waals surface area (Å²) in [5, 5.41) is 3.63. The van der Waals surface area contributed by atoms with Crippen LogP contribution in [0.5, 0.6) is 0 Å². The maximum Gasteiger partial charge on any atom is 0.265 e. The molecule has 0 fully saturated rings. The molecule has 0 radical (unpaired) electrons. The fourth-order valence-corrected chi connectivity index (χ4v) is 4.30. The number of rotatable bonds is 4. The Morgan fingerprint density at radius 2 is 2.00 bits per heavy atom. The summed E-state index contributed by atoms with van der Waals surface area (Å²) in [6.07, 6.45) is 0. The fraction of sp³-hybridized carbons (Fsp3) is 0.111. The Labute approximate surface area is 166 Å². The number of halogens is 3. The second-order valence-corrected chi connectivity index (χ2v) is 7.86. The van der Waals surface area contributed by atoms with Gasteiger partial charge >= 0.3 is 0 Å². The Bertz CT molecular complexity index is 1010. The van der Waals surface area contributed by atoms with Crippen LogP contribution in [0.1, 0.15) is 9.67 Å². The molecule has 26 heavy (non-hydrogen) atoms. The lowest BCUT2D eigenvalue weighted by atomic mass is 10.2. The number of benzene rings is 2. The molecule has 1 aromatic heterocycles. The predicted octanol–water partition coefficient (Wildman–Crippen LogP) is 5.17. The highest BCUT2D eigenvalue weighted by Crippen LogP contribution is 2.36. The zero-order chi connectivity index (χ0) is 18.8. The van der Waals surface area contributed by atoms with Gasteiger partial charge in [0.25, 0.3) is 5.91 Å². The molecular weight excluding hydrogens is 443 g/mol. The number of fused-ring (bicyclic) bond motifs is 1. The molecule has 0 spiro atoms. The molecule has 4 nitrogen and oxygen atoms in total. The minimum Gasteiger partial charge on any atom is -0.332 e. The van der Waals surface area contributed by atoms with Crippen molar-refractivity contribution in [1.29, 1.82) is 0 Å². The SMILES string of the molecule is CN(CC(=O)Nc1ccccc1Br)C(=O)c1sc2cc(F)ccc2c1Cl. The standard InChI is InChI=1S/C18H13BrClFN2O2S/c1-23(9-15(24)22-13-5-3-2-4-12(13)19)18(25)17-16(20)11-7-6-10(21)8-14(11)26-17/h2-8H,9H2,1H3,(H,22,24). The van der Waals surface area contributed by atoms with Gasteiger partial charge in [-0.05, 0) is 46.3 Å². The molecule has 1 N–H and O–H groups in total. The summed E-state index contributed by atoms with van der Waals surface area (Å²) < 4.78 is 14.7. The topological polar surface area (TPSA) is 49.4 Å². The first-order chi connectivity index (χ1) is 12.4. The molecule has 0 saturated heterocycles. The molecule has 1 heterocycles. The van der Waals surface area contributed by atoms with Crippen molar-refractivity contribution in [3.63, 3.8) is 0 Å². The van der Waals surface area contributed by atoms with Crippen molar-refractivity contribution in [3.8, 4) is 0 Å². The fourth-order valence-electron chi connectivity index (χ4n) is 2.39. The molecule has 3 aromatic rings. The van der Waals surface area contributed by atoms with Gasteiger partial charge in [-0.1, -0.05) is 23.7 Å². The summed E-state index contributed by atoms with van der Waals surface area (Å²) in [7, 11) is 1.52. The van der Waals surface area contributed by atoms with Gasteiger partial charge in [0.2, 0.25) is 5.91 Å². The third-order valence-corrected chi connectivity index (χ3v) is 6.00. The summed E-state index contributed by atoms with van der Waals surface area (Å²) in [4.78, 5) is 26.4. The number of amides is 2. The van der Waals surface area contributed by atoms with Crippen molar-refractivity contribution in [3.05, 3.63) is 62.7 Å². The molecule has 0 bridgehead atoms. The van der Waals surface area contributed by atoms with E-state index < -0.39 is 5.82 Å². The largest absolute Gasteiger partial charge is 0.332 e. The Morgan fingerprint density at radius 1 is 1.27 bits per heavy atom. The van der Waals surface area contributed by atoms with Crippen LogP contribution in [0.25, 0.3) is 10.1 Å². The van der Waals surface area contributed by atoms with Crippen molar-refractivity contribution in [2.45, 2.75) is 0 Å². The van der Waals surface area contributed by atoms with Gasteiger partial charge in [-0.15, -0.1) is 11.3 Å². The predicted molar refractivity (Wildman–Crippen MR) is 107 cm³/mol. The average molecular weight is 456 g/mol. The van der Waals surface area contributed by atoms with Gasteiger partial charge < -0.3 is 10.2 Å². The van der Waals surface area contributed by atoms with E-state index in [0.717, 1.165) is 15.8 Å². The number of carbonyl (C=O) groups excluding carboxylic acids is 2. The zero-order valence-electron chi connectivity index (χ0n) is 13.6. The van der Waals surface area contributed by atoms with Crippen LogP contribution < -0.4 is 5.32 Å². The smallest absolute Gasteiger partial charge is 0.265 e. The van der Waals surface area contributed by atoms with Crippen LogP contribution in [-0.4, -0.2) is 30.3 Å². The molecule has 0 aliphatic heterocycles. The maximum atomic E-state index is 13.4. The summed E-state index contributed by atoms with van der Waals surface area (Å²) in [5.41, 5.74) is 0.619. The Kier molecular flexibility index (Phi) is 5.60. The molecule has 0 atom stereocenters. The molecule has 2 aromatic carbocycles. The van der Waals surface area contributed by atoms with Gasteiger partial charge in [-0.25, -0.2) is 4.39 Å². The van der Waals surface area contributed by atoms with Gasteiger partial charge in [0.1, 0.15) is 10.7 Å². The molecule has 0 unspecified atom stereocenters. The second-order valence-electron chi connectivity index (χ2n) is 5.57. The summed E-state index contributed by atoms with van der Waals surface area (Å²) in [5.74, 6) is -1.12. The van der Waals surface area contributed by atoms with Crippen LogP contribution in [0.4, 0.5) is 10.1 Å². The van der Waals surface area contributed by atoms with Crippen molar-refractivity contribution >= 4 is 66.5 Å². The summed E-state index contributed by atoms with van der Waals surface area (Å²) in [6, 6.07) is 11.4. The third-order valence-electron chi connectivity index (χ3n) is 3.66. The molecule has 3 rings (SSSR count). The number of nitrogens with zero attached hydrogens (tertiary/aromatic N) is 1. The van der Waals surface area contributed by atoms with Crippen molar-refractivity contribution < 1.29 is 14.0 Å². The number of hydrogen-bond acceptors (Lipinski definition) is 3. The van der Waals surface area contributed by atoms with Crippen molar-refractivity contribution in [1.82, 2.24) is 4.90 Å². The summed E-state index contributed by atoms with van der Waals surface area (Å²) >= 11 is 10.7. The third kappa shape index (κ3) is 3.90. The number of para-hydroxylation sites is 1. The van der Waals surface area contributed by atoms with E-state index in [1.165, 1.54) is 24.1 Å². The average Bonchev–Trinajstić information content (AvgIpc) is 2.92. The van der Waals surface area contributed by atoms with Crippen molar-refractivity contribution in [2.75, 3.05) is 18.9 Å². The highest BCUT2D eigenvalue weighted by molar-refractivity contribution is 9.10. The highest BCUT2D eigenvalue weighted by atomic mass is 79.9. The van der Waals surface area contributed by atoms with E-state index in [9.17, 15) is 14.0 Å². The van der Waals surface area contributed by atoms with Gasteiger partial charge in [0.15, 0.2) is 0 Å². The van der Waals surface area contributed by atoms with Gasteiger partial charge in [0, 0.05) is 21.6 Å². The van der Waals surface area contributed by atoms with Crippen LogP contribution in [-0.2, 0) is 4.79 Å². The first kappa shape index (κ1) is 18.8. The van der Waals surface area contributed by atoms with E-state index in [1.807, 2.05) is 6.07 Å². The van der Waals surface area contributed by atoms with Crippen LogP contribution in [0.2, 0.25) is 5.02 Å². The normalized spacial score (nSPS) is 10.8. The molecule has 8 heteroatoms. The number of hydrogen-bond donors (Lipinski definition) is 1. The van der Waals surface area contributed by atoms with E-state index >= 15 is 0 Å². The van der Waals surface area contributed by atoms with Crippen LogP contribution >= 0.6 is 38.9 Å². The molecule has 0 aliphatic carbocycles. The monoisotopic (exact) mass is 454 g/mol. The Hall–Kier alpha value is -1.96. The number of nitrogens with one attached hydrogen (secondary N) is 1. The van der Waals surface area contributed by atoms with Crippen LogP contribution in [0.3, 0.4) is 0 Å². The zero-order valence-corrected chi connectivity index (χ0v) is 16.7. The first-order valence-electron chi connectivity index (χ1n) is 7.54. The van der Waals surface area contributed by atoms with E-state index in [-0.39, 0.29) is 28.3 Å². The molecular formula is C18H13BrClFN2O2S. The summed E-state index contributed by atoms with van der Waals surface area (Å²) in [6.45, 7) is -0.140. The van der Waals surface area contributed by atoms with Crippen molar-refractivity contribution in [2.24, 2.45) is 0 Å². The first-order valence-corrected chi connectivity index (χ1v) is 9.53. The van der Waals surface area contributed by atoms with E-state index in [1.54, 1.807) is 24.3 Å².